The molecule has 0 saturated carbocycles. The molecular weight excluding hydrogens is 432 g/mol. The molecule has 0 spiro atoms. The highest BCUT2D eigenvalue weighted by Gasteiger charge is 2.59. The van der Waals surface area contributed by atoms with Crippen molar-refractivity contribution in [3.63, 3.8) is 0 Å². The molecule has 180 valence electrons. The van der Waals surface area contributed by atoms with Gasteiger partial charge < -0.3 is 28.4 Å². The first-order chi connectivity index (χ1) is 15.6. The number of amides is 2. The molecule has 0 aromatic heterocycles. The summed E-state index contributed by atoms with van der Waals surface area (Å²) in [7, 11) is 0. The summed E-state index contributed by atoms with van der Waals surface area (Å²) in [5.74, 6) is -2.58. The van der Waals surface area contributed by atoms with Gasteiger partial charge in [0.15, 0.2) is 17.9 Å². The van der Waals surface area contributed by atoms with E-state index in [1.807, 2.05) is 44.2 Å². The Labute approximate surface area is 192 Å². The average Bonchev–Trinajstić information content (AvgIpc) is 3.38. The van der Waals surface area contributed by atoms with Crippen LogP contribution >= 0.6 is 0 Å². The first-order valence-electron chi connectivity index (χ1n) is 10.9. The standard InChI is InChI=1S/C23H30N2O8/c1-22(2)29-12-15(31-22)18-19(20-21(30-18)33-23(3,4)32-20)28-13-17(27)25-24-16(26)11-10-14-8-6-5-7-9-14/h5-11,15,18-21H,12-13H2,1-4H3,(H,24,26)(H,25,27)/b11-10+/t15?,18-,19+,20-,21-/m1/s1. The molecular formula is C23H30N2O8. The summed E-state index contributed by atoms with van der Waals surface area (Å²) in [6.45, 7) is 7.19. The summed E-state index contributed by atoms with van der Waals surface area (Å²) in [6.07, 6.45) is 0.210. The summed E-state index contributed by atoms with van der Waals surface area (Å²) in [5.41, 5.74) is 5.53. The summed E-state index contributed by atoms with van der Waals surface area (Å²) in [4.78, 5) is 24.2. The third kappa shape index (κ3) is 5.97. The van der Waals surface area contributed by atoms with Gasteiger partial charge in [-0.05, 0) is 39.3 Å². The van der Waals surface area contributed by atoms with Crippen molar-refractivity contribution in [3.05, 3.63) is 42.0 Å². The van der Waals surface area contributed by atoms with Crippen molar-refractivity contribution in [2.45, 2.75) is 70.0 Å². The van der Waals surface area contributed by atoms with E-state index < -0.39 is 54.1 Å². The quantitative estimate of drug-likeness (QED) is 0.480. The van der Waals surface area contributed by atoms with Gasteiger partial charge in [0.05, 0.1) is 6.61 Å². The molecule has 3 aliphatic rings. The summed E-state index contributed by atoms with van der Waals surface area (Å²) >= 11 is 0. The topological polar surface area (TPSA) is 114 Å². The minimum Gasteiger partial charge on any atom is -0.363 e. The van der Waals surface area contributed by atoms with Crippen LogP contribution in [0, 0.1) is 0 Å². The van der Waals surface area contributed by atoms with Gasteiger partial charge in [-0.3, -0.25) is 20.4 Å². The second-order valence-corrected chi connectivity index (χ2v) is 8.99. The maximum atomic E-state index is 12.3. The molecule has 3 heterocycles. The predicted molar refractivity (Wildman–Crippen MR) is 115 cm³/mol. The van der Waals surface area contributed by atoms with Crippen LogP contribution in [0.5, 0.6) is 0 Å². The Morgan fingerprint density at radius 3 is 2.48 bits per heavy atom. The Morgan fingerprint density at radius 1 is 1.03 bits per heavy atom. The highest BCUT2D eigenvalue weighted by atomic mass is 16.8. The lowest BCUT2D eigenvalue weighted by Crippen LogP contribution is -2.47. The minimum absolute atomic E-state index is 0.316. The molecule has 33 heavy (non-hydrogen) atoms. The van der Waals surface area contributed by atoms with Gasteiger partial charge in [0.2, 0.25) is 0 Å². The van der Waals surface area contributed by atoms with Crippen LogP contribution in [0.2, 0.25) is 0 Å². The van der Waals surface area contributed by atoms with Gasteiger partial charge in [0.1, 0.15) is 31.0 Å². The minimum atomic E-state index is -0.838. The van der Waals surface area contributed by atoms with Gasteiger partial charge >= 0.3 is 0 Å². The fourth-order valence-electron chi connectivity index (χ4n) is 3.99. The van der Waals surface area contributed by atoms with Crippen molar-refractivity contribution < 1.29 is 38.0 Å². The second-order valence-electron chi connectivity index (χ2n) is 8.99. The molecule has 0 bridgehead atoms. The Morgan fingerprint density at radius 2 is 1.79 bits per heavy atom. The van der Waals surface area contributed by atoms with E-state index >= 15 is 0 Å². The number of hydrazine groups is 1. The molecule has 1 unspecified atom stereocenters. The van der Waals surface area contributed by atoms with Crippen molar-refractivity contribution >= 4 is 17.9 Å². The van der Waals surface area contributed by atoms with Crippen LogP contribution in [0.15, 0.2) is 36.4 Å². The van der Waals surface area contributed by atoms with E-state index in [0.717, 1.165) is 5.56 Å². The Kier molecular flexibility index (Phi) is 6.85. The third-order valence-corrected chi connectivity index (χ3v) is 5.38. The monoisotopic (exact) mass is 462 g/mol. The molecule has 5 atom stereocenters. The number of hydrogen-bond acceptors (Lipinski definition) is 8. The van der Waals surface area contributed by atoms with E-state index in [1.54, 1.807) is 19.9 Å². The van der Waals surface area contributed by atoms with Crippen LogP contribution in [-0.4, -0.2) is 67.3 Å². The number of benzene rings is 1. The number of carbonyl (C=O) groups excluding carboxylic acids is 2. The smallest absolute Gasteiger partial charge is 0.264 e. The Hall–Kier alpha value is -2.34. The van der Waals surface area contributed by atoms with E-state index in [2.05, 4.69) is 10.9 Å². The highest BCUT2D eigenvalue weighted by molar-refractivity contribution is 5.93. The average molecular weight is 462 g/mol. The van der Waals surface area contributed by atoms with Gasteiger partial charge in [-0.2, -0.15) is 0 Å². The van der Waals surface area contributed by atoms with E-state index in [4.69, 9.17) is 28.4 Å². The van der Waals surface area contributed by atoms with E-state index in [-0.39, 0.29) is 6.61 Å². The zero-order chi connectivity index (χ0) is 23.6. The Bertz CT molecular complexity index is 888. The fraction of sp³-hybridized carbons (Fsp3) is 0.565. The molecule has 2 N–H and O–H groups in total. The van der Waals surface area contributed by atoms with Crippen molar-refractivity contribution in [2.75, 3.05) is 13.2 Å². The largest absolute Gasteiger partial charge is 0.363 e. The van der Waals surface area contributed by atoms with E-state index in [1.165, 1.54) is 6.08 Å². The SMILES string of the molecule is CC1(C)OCC([C@H]2O[C@@H]3OC(C)(C)O[C@@H]3[C@H]2OCC(=O)NNC(=O)/C=C/c2ccccc2)O1. The van der Waals surface area contributed by atoms with Crippen LogP contribution in [0.3, 0.4) is 0 Å². The van der Waals surface area contributed by atoms with Crippen LogP contribution in [-0.2, 0) is 38.0 Å². The van der Waals surface area contributed by atoms with Crippen molar-refractivity contribution in [1.82, 2.24) is 10.9 Å². The zero-order valence-corrected chi connectivity index (χ0v) is 19.1. The van der Waals surface area contributed by atoms with Gasteiger partial charge in [-0.25, -0.2) is 0 Å². The van der Waals surface area contributed by atoms with Crippen molar-refractivity contribution in [2.24, 2.45) is 0 Å². The number of rotatable bonds is 6. The molecule has 10 nitrogen and oxygen atoms in total. The Balaban J connectivity index is 1.30. The molecule has 3 fully saturated rings. The maximum absolute atomic E-state index is 12.3. The highest BCUT2D eigenvalue weighted by Crippen LogP contribution is 2.41. The van der Waals surface area contributed by atoms with Crippen molar-refractivity contribution in [1.29, 1.82) is 0 Å². The molecule has 10 heteroatoms. The lowest BCUT2D eigenvalue weighted by atomic mass is 10.1. The number of ether oxygens (including phenoxy) is 6. The summed E-state index contributed by atoms with van der Waals surface area (Å²) in [6, 6.07) is 9.34. The molecule has 1 aromatic rings. The molecule has 1 aromatic carbocycles. The summed E-state index contributed by atoms with van der Waals surface area (Å²) in [5, 5.41) is 0. The molecule has 4 rings (SSSR count). The van der Waals surface area contributed by atoms with Crippen LogP contribution in [0.4, 0.5) is 0 Å². The lowest BCUT2D eigenvalue weighted by molar-refractivity contribution is -0.235. The molecule has 2 amide bonds. The number of hydrogen-bond donors (Lipinski definition) is 2. The fourth-order valence-corrected chi connectivity index (χ4v) is 3.99. The first-order valence-corrected chi connectivity index (χ1v) is 10.9. The molecule has 3 saturated heterocycles. The van der Waals surface area contributed by atoms with Crippen LogP contribution in [0.1, 0.15) is 33.3 Å². The van der Waals surface area contributed by atoms with E-state index in [9.17, 15) is 9.59 Å². The van der Waals surface area contributed by atoms with Crippen molar-refractivity contribution in [3.8, 4) is 0 Å². The zero-order valence-electron chi connectivity index (χ0n) is 19.1. The number of fused-ring (bicyclic) bond motifs is 1. The predicted octanol–water partition coefficient (Wildman–Crippen LogP) is 1.26. The molecule has 0 aliphatic carbocycles. The lowest BCUT2D eigenvalue weighted by Gasteiger charge is -2.28. The van der Waals surface area contributed by atoms with Crippen LogP contribution < -0.4 is 10.9 Å². The second kappa shape index (κ2) is 9.49. The van der Waals surface area contributed by atoms with E-state index in [0.29, 0.717) is 6.61 Å². The third-order valence-electron chi connectivity index (χ3n) is 5.38. The molecule has 0 radical (unpaired) electrons. The number of nitrogens with one attached hydrogen (secondary N) is 2. The summed E-state index contributed by atoms with van der Waals surface area (Å²) < 4.78 is 35.2. The number of carbonyl (C=O) groups is 2. The maximum Gasteiger partial charge on any atom is 0.264 e. The van der Waals surface area contributed by atoms with Gasteiger partial charge in [-0.15, -0.1) is 0 Å². The van der Waals surface area contributed by atoms with Gasteiger partial charge in [-0.1, -0.05) is 30.3 Å². The molecule has 3 aliphatic heterocycles. The normalized spacial score (nSPS) is 32.1. The van der Waals surface area contributed by atoms with Gasteiger partial charge in [0, 0.05) is 6.08 Å². The van der Waals surface area contributed by atoms with Crippen LogP contribution in [0.25, 0.3) is 6.08 Å². The van der Waals surface area contributed by atoms with Gasteiger partial charge in [0.25, 0.3) is 11.8 Å². The first kappa shape index (κ1) is 23.8.